The fraction of sp³-hybridized carbons (Fsp3) is 0.125. The van der Waals surface area contributed by atoms with Crippen molar-refractivity contribution in [3.8, 4) is 0 Å². The summed E-state index contributed by atoms with van der Waals surface area (Å²) >= 11 is 0. The standard InChI is InChI=1S/C8H7F2NO2/c1-11-4-2-5(9)7(8(12)13)6(10)3-4/h2-3,11H,1H3,(H,12,13). The maximum atomic E-state index is 12.9. The summed E-state index contributed by atoms with van der Waals surface area (Å²) in [5, 5.41) is 10.9. The van der Waals surface area contributed by atoms with E-state index in [0.29, 0.717) is 0 Å². The summed E-state index contributed by atoms with van der Waals surface area (Å²) < 4.78 is 25.8. The highest BCUT2D eigenvalue weighted by atomic mass is 19.1. The number of nitrogens with one attached hydrogen (secondary N) is 1. The molecule has 2 N–H and O–H groups in total. The molecule has 1 rings (SSSR count). The Labute approximate surface area is 73.0 Å². The number of aromatic carboxylic acids is 1. The van der Waals surface area contributed by atoms with Crippen molar-refractivity contribution in [2.24, 2.45) is 0 Å². The van der Waals surface area contributed by atoms with E-state index in [9.17, 15) is 13.6 Å². The van der Waals surface area contributed by atoms with Crippen molar-refractivity contribution in [2.75, 3.05) is 12.4 Å². The topological polar surface area (TPSA) is 49.3 Å². The predicted molar refractivity (Wildman–Crippen MR) is 42.9 cm³/mol. The molecule has 0 aliphatic carbocycles. The molecule has 0 amide bonds. The first-order valence-electron chi connectivity index (χ1n) is 3.46. The fourth-order valence-electron chi connectivity index (χ4n) is 0.922. The van der Waals surface area contributed by atoms with Crippen molar-refractivity contribution in [3.63, 3.8) is 0 Å². The molecule has 1 aromatic rings. The molecule has 0 heterocycles. The van der Waals surface area contributed by atoms with Crippen LogP contribution < -0.4 is 5.32 Å². The Morgan fingerprint density at radius 2 is 1.85 bits per heavy atom. The molecule has 0 bridgehead atoms. The van der Waals surface area contributed by atoms with E-state index < -0.39 is 23.2 Å². The van der Waals surface area contributed by atoms with Gasteiger partial charge in [0, 0.05) is 12.7 Å². The van der Waals surface area contributed by atoms with E-state index in [1.807, 2.05) is 0 Å². The summed E-state index contributed by atoms with van der Waals surface area (Å²) in [5.41, 5.74) is -0.737. The van der Waals surface area contributed by atoms with E-state index >= 15 is 0 Å². The Hall–Kier alpha value is -1.65. The van der Waals surface area contributed by atoms with Crippen LogP contribution in [-0.2, 0) is 0 Å². The second-order valence-corrected chi connectivity index (χ2v) is 2.37. The summed E-state index contributed by atoms with van der Waals surface area (Å²) in [7, 11) is 1.48. The van der Waals surface area contributed by atoms with Crippen LogP contribution in [0.3, 0.4) is 0 Å². The summed E-state index contributed by atoms with van der Waals surface area (Å²) in [6, 6.07) is 1.85. The van der Waals surface area contributed by atoms with Gasteiger partial charge in [-0.05, 0) is 12.1 Å². The number of rotatable bonds is 2. The second kappa shape index (κ2) is 3.38. The van der Waals surface area contributed by atoms with Crippen molar-refractivity contribution in [2.45, 2.75) is 0 Å². The van der Waals surface area contributed by atoms with Gasteiger partial charge >= 0.3 is 5.97 Å². The fourth-order valence-corrected chi connectivity index (χ4v) is 0.922. The monoisotopic (exact) mass is 187 g/mol. The molecule has 0 aromatic heterocycles. The van der Waals surface area contributed by atoms with Crippen LogP contribution in [0.25, 0.3) is 0 Å². The van der Waals surface area contributed by atoms with Gasteiger partial charge in [0.2, 0.25) is 0 Å². The number of benzene rings is 1. The van der Waals surface area contributed by atoms with Gasteiger partial charge in [0.05, 0.1) is 0 Å². The van der Waals surface area contributed by atoms with Crippen LogP contribution in [0.1, 0.15) is 10.4 Å². The van der Waals surface area contributed by atoms with Crippen LogP contribution in [0, 0.1) is 11.6 Å². The van der Waals surface area contributed by atoms with Gasteiger partial charge < -0.3 is 10.4 Å². The normalized spacial score (nSPS) is 9.77. The average molecular weight is 187 g/mol. The van der Waals surface area contributed by atoms with Gasteiger partial charge in [-0.25, -0.2) is 13.6 Å². The Morgan fingerprint density at radius 1 is 1.38 bits per heavy atom. The number of anilines is 1. The maximum Gasteiger partial charge on any atom is 0.341 e. The van der Waals surface area contributed by atoms with E-state index in [1.54, 1.807) is 0 Å². The third-order valence-corrected chi connectivity index (χ3v) is 1.54. The molecule has 1 aromatic carbocycles. The van der Waals surface area contributed by atoms with Crippen LogP contribution >= 0.6 is 0 Å². The number of halogens is 2. The number of hydrogen-bond donors (Lipinski definition) is 2. The molecule has 0 spiro atoms. The van der Waals surface area contributed by atoms with Crippen molar-refractivity contribution < 1.29 is 18.7 Å². The molecule has 3 nitrogen and oxygen atoms in total. The minimum absolute atomic E-state index is 0.194. The minimum atomic E-state index is -1.61. The molecule has 0 aliphatic heterocycles. The molecule has 0 saturated carbocycles. The van der Waals surface area contributed by atoms with Gasteiger partial charge in [0.15, 0.2) is 0 Å². The molecule has 0 saturated heterocycles. The lowest BCUT2D eigenvalue weighted by molar-refractivity contribution is 0.0686. The van der Waals surface area contributed by atoms with Crippen molar-refractivity contribution in [3.05, 3.63) is 29.3 Å². The molecule has 0 aliphatic rings. The van der Waals surface area contributed by atoms with Gasteiger partial charge in [-0.2, -0.15) is 0 Å². The average Bonchev–Trinajstić information content (AvgIpc) is 2.02. The molecule has 0 atom stereocenters. The van der Waals surface area contributed by atoms with Gasteiger partial charge in [-0.1, -0.05) is 0 Å². The molecule has 5 heteroatoms. The first-order chi connectivity index (χ1) is 6.06. The molecule has 0 radical (unpaired) electrons. The quantitative estimate of drug-likeness (QED) is 0.740. The SMILES string of the molecule is CNc1cc(F)c(C(=O)O)c(F)c1. The molecule has 0 unspecified atom stereocenters. The lowest BCUT2D eigenvalue weighted by Crippen LogP contribution is -2.05. The van der Waals surface area contributed by atoms with Crippen LogP contribution in [0.15, 0.2) is 12.1 Å². The van der Waals surface area contributed by atoms with Crippen molar-refractivity contribution in [1.82, 2.24) is 0 Å². The highest BCUT2D eigenvalue weighted by Crippen LogP contribution is 2.18. The predicted octanol–water partition coefficient (Wildman–Crippen LogP) is 1.70. The van der Waals surface area contributed by atoms with E-state index in [0.717, 1.165) is 12.1 Å². The third kappa shape index (κ3) is 1.74. The second-order valence-electron chi connectivity index (χ2n) is 2.37. The molecule has 70 valence electrons. The van der Waals surface area contributed by atoms with E-state index in [-0.39, 0.29) is 5.69 Å². The summed E-state index contributed by atoms with van der Waals surface area (Å²) in [6.45, 7) is 0. The van der Waals surface area contributed by atoms with Gasteiger partial charge in [-0.3, -0.25) is 0 Å². The number of hydrogen-bond acceptors (Lipinski definition) is 2. The lowest BCUT2D eigenvalue weighted by Gasteiger charge is -2.03. The van der Waals surface area contributed by atoms with Gasteiger partial charge in [0.1, 0.15) is 17.2 Å². The highest BCUT2D eigenvalue weighted by molar-refractivity contribution is 5.88. The smallest absolute Gasteiger partial charge is 0.341 e. The third-order valence-electron chi connectivity index (χ3n) is 1.54. The van der Waals surface area contributed by atoms with Crippen molar-refractivity contribution in [1.29, 1.82) is 0 Å². The van der Waals surface area contributed by atoms with E-state index in [2.05, 4.69) is 5.32 Å². The van der Waals surface area contributed by atoms with Gasteiger partial charge in [0.25, 0.3) is 0 Å². The van der Waals surface area contributed by atoms with Crippen LogP contribution in [0.4, 0.5) is 14.5 Å². The van der Waals surface area contributed by atoms with E-state index in [1.165, 1.54) is 7.05 Å². The summed E-state index contributed by atoms with van der Waals surface area (Å²) in [6.07, 6.45) is 0. The maximum absolute atomic E-state index is 12.9. The first kappa shape index (κ1) is 9.44. The van der Waals surface area contributed by atoms with Crippen LogP contribution in [0.2, 0.25) is 0 Å². The van der Waals surface area contributed by atoms with E-state index in [4.69, 9.17) is 5.11 Å². The molecular formula is C8H7F2NO2. The number of carboxylic acid groups (broad SMARTS) is 1. The molecular weight excluding hydrogens is 180 g/mol. The van der Waals surface area contributed by atoms with Crippen LogP contribution in [0.5, 0.6) is 0 Å². The summed E-state index contributed by atoms with van der Waals surface area (Å²) in [5.74, 6) is -3.79. The minimum Gasteiger partial charge on any atom is -0.477 e. The zero-order valence-electron chi connectivity index (χ0n) is 6.77. The first-order valence-corrected chi connectivity index (χ1v) is 3.46. The van der Waals surface area contributed by atoms with Crippen LogP contribution in [-0.4, -0.2) is 18.1 Å². The molecule has 0 fully saturated rings. The zero-order chi connectivity index (χ0) is 10.0. The highest BCUT2D eigenvalue weighted by Gasteiger charge is 2.17. The Bertz CT molecular complexity index is 329. The largest absolute Gasteiger partial charge is 0.477 e. The molecule has 13 heavy (non-hydrogen) atoms. The lowest BCUT2D eigenvalue weighted by atomic mass is 10.2. The Balaban J connectivity index is 3.31. The Morgan fingerprint density at radius 3 is 2.15 bits per heavy atom. The van der Waals surface area contributed by atoms with Crippen molar-refractivity contribution >= 4 is 11.7 Å². The zero-order valence-corrected chi connectivity index (χ0v) is 6.77. The number of carboxylic acids is 1. The van der Waals surface area contributed by atoms with Gasteiger partial charge in [-0.15, -0.1) is 0 Å². The number of carbonyl (C=O) groups is 1. The summed E-state index contributed by atoms with van der Waals surface area (Å²) in [4.78, 5) is 10.3. The Kier molecular flexibility index (Phi) is 2.46.